The summed E-state index contributed by atoms with van der Waals surface area (Å²) in [5.74, 6) is -0.0735. The number of benzene rings is 6. The van der Waals surface area contributed by atoms with E-state index in [1.54, 1.807) is 36.4 Å². The molecule has 2 heterocycles. The minimum Gasteiger partial charge on any atom is -0.494 e. The molecular formula is C46H36N8O4Si. The Hall–Kier alpha value is -8.16. The van der Waals surface area contributed by atoms with Crippen molar-refractivity contribution in [2.75, 3.05) is 0 Å². The van der Waals surface area contributed by atoms with Crippen molar-refractivity contribution in [2.24, 2.45) is 20.5 Å². The van der Waals surface area contributed by atoms with Gasteiger partial charge in [0.25, 0.3) is 0 Å². The van der Waals surface area contributed by atoms with E-state index in [2.05, 4.69) is 30.4 Å². The zero-order valence-electron chi connectivity index (χ0n) is 31.3. The third-order valence-corrected chi connectivity index (χ3v) is 12.6. The maximum Gasteiger partial charge on any atom is 0.535 e. The van der Waals surface area contributed by atoms with Crippen LogP contribution >= 0.6 is 0 Å². The van der Waals surface area contributed by atoms with Gasteiger partial charge in [-0.15, -0.1) is 10.2 Å². The van der Waals surface area contributed by atoms with Crippen molar-refractivity contribution in [1.82, 2.24) is 9.97 Å². The molecule has 0 aliphatic carbocycles. The molecule has 0 saturated carbocycles. The monoisotopic (exact) mass is 792 g/mol. The van der Waals surface area contributed by atoms with Crippen molar-refractivity contribution in [3.8, 4) is 11.8 Å². The number of aromatic hydroxyl groups is 2. The molecule has 6 N–H and O–H groups in total. The molecule has 2 aromatic heterocycles. The van der Waals surface area contributed by atoms with E-state index in [1.807, 2.05) is 146 Å². The lowest BCUT2D eigenvalue weighted by atomic mass is 10.1. The lowest BCUT2D eigenvalue weighted by Gasteiger charge is -2.29. The molecule has 0 atom stereocenters. The van der Waals surface area contributed by atoms with Gasteiger partial charge in [-0.1, -0.05) is 168 Å². The van der Waals surface area contributed by atoms with Crippen LogP contribution in [0.4, 0.5) is 0 Å². The standard InChI is InChI=1S/C46H36N8O4Si/c47-45(53-51-41(31-17-5-1-6-18-31)29-37-35-25-13-15-27-39(35)49-43(37)55)57-59(33-21-9-3-10-22-33,34-23-11-4-12-24-34)58-46(48)54-52-42(32-19-7-2-8-20-32)30-38-36-26-14-16-28-40(36)50-44(38)56/h1-30,47-50,55-56H/b41-29-,42-30-,47-45?,48-46?,53-51?,54-52?. The fourth-order valence-electron chi connectivity index (χ4n) is 6.67. The first-order valence-corrected chi connectivity index (χ1v) is 20.3. The smallest absolute Gasteiger partial charge is 0.494 e. The van der Waals surface area contributed by atoms with E-state index in [-0.39, 0.29) is 11.8 Å². The topological polar surface area (TPSA) is 188 Å². The highest BCUT2D eigenvalue weighted by molar-refractivity contribution is 6.94. The fourth-order valence-corrected chi connectivity index (χ4v) is 9.41. The van der Waals surface area contributed by atoms with Crippen LogP contribution in [0.15, 0.2) is 190 Å². The first kappa shape index (κ1) is 37.7. The van der Waals surface area contributed by atoms with Crippen LogP contribution in [0.25, 0.3) is 45.4 Å². The summed E-state index contributed by atoms with van der Waals surface area (Å²) in [4.78, 5) is 5.98. The molecule has 8 aromatic rings. The normalized spacial score (nSPS) is 12.4. The second-order valence-corrected chi connectivity index (χ2v) is 16.0. The minimum absolute atomic E-state index is 0.0367. The average Bonchev–Trinajstić information content (AvgIpc) is 3.78. The van der Waals surface area contributed by atoms with Gasteiger partial charge in [-0.25, -0.2) is 10.8 Å². The summed E-state index contributed by atoms with van der Waals surface area (Å²) in [6, 6.07) is 50.6. The second-order valence-electron chi connectivity index (χ2n) is 13.2. The van der Waals surface area contributed by atoms with Crippen molar-refractivity contribution < 1.29 is 19.1 Å². The summed E-state index contributed by atoms with van der Waals surface area (Å²) in [6.45, 7) is 0. The summed E-state index contributed by atoms with van der Waals surface area (Å²) in [5, 5.41) is 60.0. The average molecular weight is 793 g/mol. The number of nitrogens with zero attached hydrogens (tertiary/aromatic N) is 4. The lowest BCUT2D eigenvalue weighted by Crippen LogP contribution is -2.64. The Kier molecular flexibility index (Phi) is 10.8. The third kappa shape index (κ3) is 8.21. The highest BCUT2D eigenvalue weighted by atomic mass is 28.4. The van der Waals surface area contributed by atoms with Gasteiger partial charge in [0, 0.05) is 54.4 Å². The van der Waals surface area contributed by atoms with E-state index < -0.39 is 20.6 Å². The number of rotatable bonds is 10. The van der Waals surface area contributed by atoms with Gasteiger partial charge in [0.1, 0.15) is 0 Å². The van der Waals surface area contributed by atoms with E-state index in [9.17, 15) is 10.2 Å². The molecule has 6 aromatic carbocycles. The Balaban J connectivity index is 1.17. The van der Waals surface area contributed by atoms with Gasteiger partial charge in [0.15, 0.2) is 11.8 Å². The fraction of sp³-hybridized carbons (Fsp3) is 0. The number of nitrogens with one attached hydrogen (secondary N) is 4. The van der Waals surface area contributed by atoms with Crippen LogP contribution in [0.3, 0.4) is 0 Å². The Bertz CT molecular complexity index is 2690. The molecule has 0 saturated heterocycles. The number of fused-ring (bicyclic) bond motifs is 2. The molecule has 13 heteroatoms. The minimum atomic E-state index is -4.08. The summed E-state index contributed by atoms with van der Waals surface area (Å²) in [5.41, 5.74) is 4.59. The largest absolute Gasteiger partial charge is 0.535 e. The summed E-state index contributed by atoms with van der Waals surface area (Å²) in [6.07, 6.45) is 3.39. The number of aromatic amines is 2. The van der Waals surface area contributed by atoms with Gasteiger partial charge in [-0.3, -0.25) is 0 Å². The van der Waals surface area contributed by atoms with Gasteiger partial charge in [-0.2, -0.15) is 0 Å². The van der Waals surface area contributed by atoms with Gasteiger partial charge in [0.05, 0.1) is 11.4 Å². The van der Waals surface area contributed by atoms with Gasteiger partial charge >= 0.3 is 20.6 Å². The van der Waals surface area contributed by atoms with E-state index in [0.29, 0.717) is 44.0 Å². The van der Waals surface area contributed by atoms with E-state index >= 15 is 0 Å². The molecule has 0 fully saturated rings. The lowest BCUT2D eigenvalue weighted by molar-refractivity contribution is 0.392. The van der Waals surface area contributed by atoms with Crippen LogP contribution in [-0.2, 0) is 8.85 Å². The van der Waals surface area contributed by atoms with Crippen molar-refractivity contribution in [1.29, 1.82) is 10.8 Å². The van der Waals surface area contributed by atoms with Crippen LogP contribution in [-0.4, -0.2) is 40.8 Å². The number of azo groups is 2. The highest BCUT2D eigenvalue weighted by Crippen LogP contribution is 2.33. The molecule has 0 spiro atoms. The molecule has 8 rings (SSSR count). The molecule has 0 bridgehead atoms. The molecule has 0 radical (unpaired) electrons. The Morgan fingerprint density at radius 3 is 1.19 bits per heavy atom. The zero-order chi connectivity index (χ0) is 40.6. The number of H-pyrrole nitrogens is 2. The Morgan fingerprint density at radius 1 is 0.458 bits per heavy atom. The van der Waals surface area contributed by atoms with Gasteiger partial charge in [-0.05, 0) is 24.3 Å². The molecular weight excluding hydrogens is 757 g/mol. The second kappa shape index (κ2) is 16.9. The van der Waals surface area contributed by atoms with Crippen molar-refractivity contribution in [3.05, 3.63) is 192 Å². The van der Waals surface area contributed by atoms with Crippen LogP contribution in [0.1, 0.15) is 22.3 Å². The maximum absolute atomic E-state index is 10.9. The first-order chi connectivity index (χ1) is 28.9. The number of hydrogen-bond acceptors (Lipinski definition) is 8. The number of amidine groups is 2. The van der Waals surface area contributed by atoms with E-state index in [1.165, 1.54) is 0 Å². The molecule has 288 valence electrons. The van der Waals surface area contributed by atoms with E-state index in [4.69, 9.17) is 19.7 Å². The number of hydrogen-bond donors (Lipinski definition) is 6. The molecule has 59 heavy (non-hydrogen) atoms. The highest BCUT2D eigenvalue weighted by Gasteiger charge is 2.49. The predicted octanol–water partition coefficient (Wildman–Crippen LogP) is 9.82. The van der Waals surface area contributed by atoms with Gasteiger partial charge < -0.3 is 29.0 Å². The molecule has 12 nitrogen and oxygen atoms in total. The molecule has 0 aliphatic rings. The van der Waals surface area contributed by atoms with Crippen LogP contribution in [0, 0.1) is 10.8 Å². The molecule has 0 unspecified atom stereocenters. The third-order valence-electron chi connectivity index (χ3n) is 9.44. The van der Waals surface area contributed by atoms with Crippen LogP contribution in [0.5, 0.6) is 11.8 Å². The van der Waals surface area contributed by atoms with Crippen LogP contribution < -0.4 is 10.4 Å². The predicted molar refractivity (Wildman–Crippen MR) is 234 cm³/mol. The number of aromatic nitrogens is 2. The van der Waals surface area contributed by atoms with E-state index in [0.717, 1.165) is 21.8 Å². The summed E-state index contributed by atoms with van der Waals surface area (Å²) >= 11 is 0. The van der Waals surface area contributed by atoms with Gasteiger partial charge in [0.2, 0.25) is 0 Å². The van der Waals surface area contributed by atoms with Crippen LogP contribution in [0.2, 0.25) is 0 Å². The molecule has 0 amide bonds. The quantitative estimate of drug-likeness (QED) is 0.0348. The maximum atomic E-state index is 10.9. The van der Waals surface area contributed by atoms with Crippen molar-refractivity contribution in [2.45, 2.75) is 0 Å². The molecule has 0 aliphatic heterocycles. The van der Waals surface area contributed by atoms with Crippen molar-refractivity contribution in [3.63, 3.8) is 0 Å². The Labute approximate surface area is 339 Å². The zero-order valence-corrected chi connectivity index (χ0v) is 32.3. The number of para-hydroxylation sites is 2. The first-order valence-electron chi connectivity index (χ1n) is 18.5. The summed E-state index contributed by atoms with van der Waals surface area (Å²) in [7, 11) is -4.08. The Morgan fingerprint density at radius 2 is 0.797 bits per heavy atom. The SMILES string of the molecule is N=C(N=N/C(=C\c1c(O)[nH]c2ccccc12)c1ccccc1)O[Si](OC(=N)N=N/C(=C\c1c(O)[nH]c2ccccc12)c1ccccc1)(c1ccccc1)c1ccccc1. The summed E-state index contributed by atoms with van der Waals surface area (Å²) < 4.78 is 13.0. The van der Waals surface area contributed by atoms with Crippen molar-refractivity contribution >= 4 is 76.3 Å².